The van der Waals surface area contributed by atoms with E-state index in [9.17, 15) is 4.79 Å². The molecule has 0 aliphatic carbocycles. The molecule has 1 fully saturated rings. The Labute approximate surface area is 125 Å². The predicted octanol–water partition coefficient (Wildman–Crippen LogP) is 3.69. The smallest absolute Gasteiger partial charge is 0.230 e. The van der Waals surface area contributed by atoms with Crippen molar-refractivity contribution in [1.29, 1.82) is 0 Å². The highest BCUT2D eigenvalue weighted by Gasteiger charge is 2.41. The highest BCUT2D eigenvalue weighted by molar-refractivity contribution is 5.87. The largest absolute Gasteiger partial charge is 0.335 e. The SMILES string of the molecule is O=C1[C@H](Cc2ccccc2)c2ccccc2[C@H]2CCCN12. The number of rotatable bonds is 2. The zero-order valence-electron chi connectivity index (χ0n) is 12.0. The molecule has 21 heavy (non-hydrogen) atoms. The zero-order valence-corrected chi connectivity index (χ0v) is 12.0. The van der Waals surface area contributed by atoms with Crippen LogP contribution in [0.2, 0.25) is 0 Å². The van der Waals surface area contributed by atoms with Gasteiger partial charge in [0.2, 0.25) is 5.91 Å². The predicted molar refractivity (Wildman–Crippen MR) is 83.0 cm³/mol. The highest BCUT2D eigenvalue weighted by Crippen LogP contribution is 2.43. The molecule has 2 heterocycles. The summed E-state index contributed by atoms with van der Waals surface area (Å²) >= 11 is 0. The van der Waals surface area contributed by atoms with Crippen molar-refractivity contribution in [2.75, 3.05) is 6.54 Å². The van der Waals surface area contributed by atoms with Crippen LogP contribution in [-0.2, 0) is 11.2 Å². The molecule has 2 aliphatic heterocycles. The molecule has 0 N–H and O–H groups in total. The van der Waals surface area contributed by atoms with Crippen LogP contribution >= 0.6 is 0 Å². The van der Waals surface area contributed by atoms with Crippen LogP contribution in [0.25, 0.3) is 0 Å². The lowest BCUT2D eigenvalue weighted by molar-refractivity contribution is -0.134. The summed E-state index contributed by atoms with van der Waals surface area (Å²) in [5.41, 5.74) is 3.85. The van der Waals surface area contributed by atoms with Crippen LogP contribution in [0.5, 0.6) is 0 Å². The molecule has 4 rings (SSSR count). The van der Waals surface area contributed by atoms with Crippen molar-refractivity contribution in [3.05, 3.63) is 71.3 Å². The van der Waals surface area contributed by atoms with Gasteiger partial charge in [0.25, 0.3) is 0 Å². The van der Waals surface area contributed by atoms with E-state index in [0.717, 1.165) is 25.8 Å². The van der Waals surface area contributed by atoms with Crippen LogP contribution in [0.3, 0.4) is 0 Å². The molecule has 2 nitrogen and oxygen atoms in total. The van der Waals surface area contributed by atoms with Crippen LogP contribution in [0.4, 0.5) is 0 Å². The topological polar surface area (TPSA) is 20.3 Å². The molecule has 0 aromatic heterocycles. The van der Waals surface area contributed by atoms with Gasteiger partial charge in [0.15, 0.2) is 0 Å². The Morgan fingerprint density at radius 2 is 1.67 bits per heavy atom. The van der Waals surface area contributed by atoms with Gasteiger partial charge in [-0.1, -0.05) is 54.6 Å². The maximum absolute atomic E-state index is 12.9. The standard InChI is InChI=1S/C19H19NO/c21-19-17(13-14-7-2-1-3-8-14)15-9-4-5-10-16(15)18-11-6-12-20(18)19/h1-5,7-10,17-18H,6,11-13H2/t17-,18-/m1/s1. The van der Waals surface area contributed by atoms with E-state index in [4.69, 9.17) is 0 Å². The molecular formula is C19H19NO. The van der Waals surface area contributed by atoms with E-state index in [1.54, 1.807) is 0 Å². The third-order valence-corrected chi connectivity index (χ3v) is 4.85. The molecule has 2 aliphatic rings. The van der Waals surface area contributed by atoms with Crippen LogP contribution < -0.4 is 0 Å². The molecule has 2 atom stereocenters. The van der Waals surface area contributed by atoms with Crippen molar-refractivity contribution >= 4 is 5.91 Å². The van der Waals surface area contributed by atoms with E-state index < -0.39 is 0 Å². The molecule has 1 amide bonds. The molecule has 0 saturated carbocycles. The summed E-state index contributed by atoms with van der Waals surface area (Å²) in [6.07, 6.45) is 3.05. The number of hydrogen-bond acceptors (Lipinski definition) is 1. The average molecular weight is 277 g/mol. The Morgan fingerprint density at radius 3 is 2.48 bits per heavy atom. The zero-order chi connectivity index (χ0) is 14.2. The normalized spacial score (nSPS) is 23.8. The van der Waals surface area contributed by atoms with E-state index >= 15 is 0 Å². The molecule has 0 unspecified atom stereocenters. The van der Waals surface area contributed by atoms with E-state index in [1.807, 2.05) is 18.2 Å². The lowest BCUT2D eigenvalue weighted by Gasteiger charge is -2.37. The summed E-state index contributed by atoms with van der Waals surface area (Å²) in [6, 6.07) is 19.2. The van der Waals surface area contributed by atoms with Crippen LogP contribution in [0, 0.1) is 0 Å². The van der Waals surface area contributed by atoms with E-state index in [1.165, 1.54) is 16.7 Å². The minimum Gasteiger partial charge on any atom is -0.335 e. The second-order valence-electron chi connectivity index (χ2n) is 6.06. The van der Waals surface area contributed by atoms with Gasteiger partial charge in [-0.25, -0.2) is 0 Å². The molecule has 0 spiro atoms. The van der Waals surface area contributed by atoms with Gasteiger partial charge in [-0.05, 0) is 36.0 Å². The third kappa shape index (κ3) is 2.06. The maximum atomic E-state index is 12.9. The van der Waals surface area contributed by atoms with Crippen LogP contribution in [0.15, 0.2) is 54.6 Å². The Bertz CT molecular complexity index is 664. The Balaban J connectivity index is 1.76. The molecule has 0 bridgehead atoms. The first-order valence-electron chi connectivity index (χ1n) is 7.78. The van der Waals surface area contributed by atoms with Crippen molar-refractivity contribution in [2.45, 2.75) is 31.2 Å². The van der Waals surface area contributed by atoms with Gasteiger partial charge in [0.1, 0.15) is 0 Å². The molecule has 2 aromatic rings. The molecule has 2 aromatic carbocycles. The van der Waals surface area contributed by atoms with Crippen LogP contribution in [-0.4, -0.2) is 17.4 Å². The summed E-state index contributed by atoms with van der Waals surface area (Å²) < 4.78 is 0. The lowest BCUT2D eigenvalue weighted by Crippen LogP contribution is -2.40. The van der Waals surface area contributed by atoms with Gasteiger partial charge in [-0.15, -0.1) is 0 Å². The number of hydrogen-bond donors (Lipinski definition) is 0. The van der Waals surface area contributed by atoms with Gasteiger partial charge in [0.05, 0.1) is 12.0 Å². The summed E-state index contributed by atoms with van der Waals surface area (Å²) in [6.45, 7) is 0.920. The van der Waals surface area contributed by atoms with Gasteiger partial charge in [-0.3, -0.25) is 4.79 Å². The van der Waals surface area contributed by atoms with Crippen molar-refractivity contribution < 1.29 is 4.79 Å². The van der Waals surface area contributed by atoms with Gasteiger partial charge in [0, 0.05) is 6.54 Å². The molecule has 106 valence electrons. The second kappa shape index (κ2) is 5.03. The van der Waals surface area contributed by atoms with Gasteiger partial charge in [-0.2, -0.15) is 0 Å². The van der Waals surface area contributed by atoms with Crippen molar-refractivity contribution in [3.8, 4) is 0 Å². The maximum Gasteiger partial charge on any atom is 0.230 e. The van der Waals surface area contributed by atoms with Crippen LogP contribution in [0.1, 0.15) is 41.5 Å². The number of benzene rings is 2. The quantitative estimate of drug-likeness (QED) is 0.820. The average Bonchev–Trinajstić information content (AvgIpc) is 3.02. The first-order valence-corrected chi connectivity index (χ1v) is 7.78. The second-order valence-corrected chi connectivity index (χ2v) is 6.06. The summed E-state index contributed by atoms with van der Waals surface area (Å²) in [5.74, 6) is 0.304. The highest BCUT2D eigenvalue weighted by atomic mass is 16.2. The number of carbonyl (C=O) groups is 1. The van der Waals surface area contributed by atoms with Gasteiger partial charge < -0.3 is 4.90 Å². The summed E-state index contributed by atoms with van der Waals surface area (Å²) in [5, 5.41) is 0. The van der Waals surface area contributed by atoms with E-state index in [2.05, 4.69) is 41.3 Å². The van der Waals surface area contributed by atoms with E-state index in [0.29, 0.717) is 11.9 Å². The lowest BCUT2D eigenvalue weighted by atomic mass is 9.82. The van der Waals surface area contributed by atoms with Crippen molar-refractivity contribution in [1.82, 2.24) is 4.90 Å². The number of nitrogens with zero attached hydrogens (tertiary/aromatic N) is 1. The molecular weight excluding hydrogens is 258 g/mol. The van der Waals surface area contributed by atoms with Crippen molar-refractivity contribution in [2.24, 2.45) is 0 Å². The monoisotopic (exact) mass is 277 g/mol. The Hall–Kier alpha value is -2.09. The summed E-state index contributed by atoms with van der Waals surface area (Å²) in [4.78, 5) is 15.0. The first-order chi connectivity index (χ1) is 10.3. The fraction of sp³-hybridized carbons (Fsp3) is 0.316. The number of amides is 1. The number of carbonyl (C=O) groups excluding carboxylic acids is 1. The fourth-order valence-corrected chi connectivity index (χ4v) is 3.87. The Kier molecular flexibility index (Phi) is 3.03. The Morgan fingerprint density at radius 1 is 0.952 bits per heavy atom. The fourth-order valence-electron chi connectivity index (χ4n) is 3.87. The first kappa shape index (κ1) is 12.6. The number of fused-ring (bicyclic) bond motifs is 3. The molecule has 0 radical (unpaired) electrons. The van der Waals surface area contributed by atoms with Gasteiger partial charge >= 0.3 is 0 Å². The third-order valence-electron chi connectivity index (χ3n) is 4.85. The molecule has 2 heteroatoms. The van der Waals surface area contributed by atoms with Crippen molar-refractivity contribution in [3.63, 3.8) is 0 Å². The van der Waals surface area contributed by atoms with E-state index in [-0.39, 0.29) is 5.92 Å². The molecule has 1 saturated heterocycles. The minimum atomic E-state index is -0.0158. The summed E-state index contributed by atoms with van der Waals surface area (Å²) in [7, 11) is 0. The minimum absolute atomic E-state index is 0.0158.